The van der Waals surface area contributed by atoms with Gasteiger partial charge < -0.3 is 5.73 Å². The average molecular weight is 199 g/mol. The molecule has 0 aliphatic rings. The SMILES string of the molecule is C/C=C\C(CCC)=C(\C)N.CC.CC. The lowest BCUT2D eigenvalue weighted by Crippen LogP contribution is -1.95. The molecule has 14 heavy (non-hydrogen) atoms. The Kier molecular flexibility index (Phi) is 24.6. The Morgan fingerprint density at radius 1 is 1.14 bits per heavy atom. The maximum absolute atomic E-state index is 5.64. The Morgan fingerprint density at radius 3 is 1.79 bits per heavy atom. The molecule has 0 atom stereocenters. The van der Waals surface area contributed by atoms with Crippen molar-refractivity contribution in [2.75, 3.05) is 0 Å². The number of hydrogen-bond donors (Lipinski definition) is 1. The summed E-state index contributed by atoms with van der Waals surface area (Å²) in [4.78, 5) is 0. The Labute approximate surface area is 91.1 Å². The van der Waals surface area contributed by atoms with Crippen molar-refractivity contribution in [3.63, 3.8) is 0 Å². The maximum Gasteiger partial charge on any atom is 0.00813 e. The summed E-state index contributed by atoms with van der Waals surface area (Å²) >= 11 is 0. The van der Waals surface area contributed by atoms with Gasteiger partial charge in [0.15, 0.2) is 0 Å². The van der Waals surface area contributed by atoms with Gasteiger partial charge in [0.2, 0.25) is 0 Å². The molecule has 0 amide bonds. The smallest absolute Gasteiger partial charge is 0.00813 e. The highest BCUT2D eigenvalue weighted by Gasteiger charge is 1.91. The minimum absolute atomic E-state index is 0.944. The molecule has 0 bridgehead atoms. The van der Waals surface area contributed by atoms with Gasteiger partial charge in [-0.05, 0) is 25.8 Å². The molecule has 0 heterocycles. The van der Waals surface area contributed by atoms with Crippen molar-refractivity contribution in [1.82, 2.24) is 0 Å². The molecule has 0 spiro atoms. The lowest BCUT2D eigenvalue weighted by atomic mass is 10.1. The van der Waals surface area contributed by atoms with E-state index in [0.717, 1.165) is 18.5 Å². The first kappa shape index (κ1) is 18.9. The molecular formula is C13H29N. The van der Waals surface area contributed by atoms with E-state index in [0.29, 0.717) is 0 Å². The lowest BCUT2D eigenvalue weighted by Gasteiger charge is -2.00. The molecule has 2 N–H and O–H groups in total. The highest BCUT2D eigenvalue weighted by Crippen LogP contribution is 2.08. The van der Waals surface area contributed by atoms with Crippen LogP contribution in [-0.4, -0.2) is 0 Å². The second kappa shape index (κ2) is 18.1. The third-order valence-electron chi connectivity index (χ3n) is 1.39. The molecule has 0 fully saturated rings. The average Bonchev–Trinajstić information content (AvgIpc) is 2.23. The summed E-state index contributed by atoms with van der Waals surface area (Å²) in [6, 6.07) is 0. The quantitative estimate of drug-likeness (QED) is 0.658. The van der Waals surface area contributed by atoms with Crippen LogP contribution in [0.25, 0.3) is 0 Å². The van der Waals surface area contributed by atoms with Gasteiger partial charge in [-0.25, -0.2) is 0 Å². The van der Waals surface area contributed by atoms with E-state index in [1.807, 2.05) is 47.6 Å². The molecule has 1 nitrogen and oxygen atoms in total. The molecule has 0 saturated heterocycles. The van der Waals surface area contributed by atoms with Crippen molar-refractivity contribution in [3.8, 4) is 0 Å². The molecule has 0 aromatic carbocycles. The standard InChI is InChI=1S/C9H17N.2C2H6/c1-4-6-9(7-5-2)8(3)10;2*1-2/h4,6H,5,7,10H2,1-3H3;2*1-2H3/b6-4-,9-8+;;. The van der Waals surface area contributed by atoms with Crippen LogP contribution in [0, 0.1) is 0 Å². The molecule has 0 aliphatic carbocycles. The predicted octanol–water partition coefficient (Wildman–Crippen LogP) is 4.65. The summed E-state index contributed by atoms with van der Waals surface area (Å²) in [7, 11) is 0. The van der Waals surface area contributed by atoms with E-state index in [1.54, 1.807) is 0 Å². The molecule has 1 heteroatoms. The Morgan fingerprint density at radius 2 is 1.57 bits per heavy atom. The number of hydrogen-bond acceptors (Lipinski definition) is 1. The van der Waals surface area contributed by atoms with Gasteiger partial charge >= 0.3 is 0 Å². The summed E-state index contributed by atoms with van der Waals surface area (Å²) in [5, 5.41) is 0. The maximum atomic E-state index is 5.64. The first-order valence-electron chi connectivity index (χ1n) is 5.80. The molecule has 0 rings (SSSR count). The van der Waals surface area contributed by atoms with E-state index in [-0.39, 0.29) is 0 Å². The normalized spacial score (nSPS) is 10.8. The van der Waals surface area contributed by atoms with Gasteiger partial charge in [-0.1, -0.05) is 53.2 Å². The van der Waals surface area contributed by atoms with E-state index >= 15 is 0 Å². The van der Waals surface area contributed by atoms with Gasteiger partial charge in [0.05, 0.1) is 0 Å². The Bertz CT molecular complexity index is 139. The fourth-order valence-electron chi connectivity index (χ4n) is 0.882. The van der Waals surface area contributed by atoms with E-state index in [4.69, 9.17) is 5.73 Å². The first-order chi connectivity index (χ1) is 6.72. The van der Waals surface area contributed by atoms with Gasteiger partial charge in [-0.15, -0.1) is 0 Å². The van der Waals surface area contributed by atoms with Crippen molar-refractivity contribution in [2.45, 2.75) is 61.3 Å². The number of rotatable bonds is 3. The topological polar surface area (TPSA) is 26.0 Å². The largest absolute Gasteiger partial charge is 0.402 e. The van der Waals surface area contributed by atoms with Crippen molar-refractivity contribution >= 4 is 0 Å². The van der Waals surface area contributed by atoms with Crippen LogP contribution in [0.2, 0.25) is 0 Å². The zero-order valence-corrected chi connectivity index (χ0v) is 11.1. The van der Waals surface area contributed by atoms with Gasteiger partial charge in [0, 0.05) is 5.70 Å². The third kappa shape index (κ3) is 13.8. The molecule has 0 unspecified atom stereocenters. The van der Waals surface area contributed by atoms with Crippen LogP contribution in [0.5, 0.6) is 0 Å². The van der Waals surface area contributed by atoms with Crippen LogP contribution in [-0.2, 0) is 0 Å². The molecule has 0 saturated carbocycles. The fraction of sp³-hybridized carbons (Fsp3) is 0.692. The molecule has 0 radical (unpaired) electrons. The highest BCUT2D eigenvalue weighted by atomic mass is 14.6. The second-order valence-corrected chi connectivity index (χ2v) is 2.46. The second-order valence-electron chi connectivity index (χ2n) is 2.46. The number of nitrogens with two attached hydrogens (primary N) is 1. The van der Waals surface area contributed by atoms with Crippen molar-refractivity contribution in [1.29, 1.82) is 0 Å². The van der Waals surface area contributed by atoms with Gasteiger partial charge in [0.1, 0.15) is 0 Å². The third-order valence-corrected chi connectivity index (χ3v) is 1.39. The van der Waals surface area contributed by atoms with E-state index in [2.05, 4.69) is 13.0 Å². The Hall–Kier alpha value is -0.720. The zero-order chi connectivity index (χ0) is 12.0. The van der Waals surface area contributed by atoms with Crippen LogP contribution >= 0.6 is 0 Å². The van der Waals surface area contributed by atoms with Gasteiger partial charge in [0.25, 0.3) is 0 Å². The molecule has 0 aromatic rings. The summed E-state index contributed by atoms with van der Waals surface area (Å²) in [6.45, 7) is 14.1. The minimum atomic E-state index is 0.944. The fourth-order valence-corrected chi connectivity index (χ4v) is 0.882. The minimum Gasteiger partial charge on any atom is -0.402 e. The monoisotopic (exact) mass is 199 g/mol. The molecule has 0 aliphatic heterocycles. The van der Waals surface area contributed by atoms with Crippen molar-refractivity contribution < 1.29 is 0 Å². The van der Waals surface area contributed by atoms with Crippen LogP contribution in [0.15, 0.2) is 23.4 Å². The predicted molar refractivity (Wildman–Crippen MR) is 69.3 cm³/mol. The van der Waals surface area contributed by atoms with Crippen LogP contribution in [0.3, 0.4) is 0 Å². The highest BCUT2D eigenvalue weighted by molar-refractivity contribution is 5.22. The summed E-state index contributed by atoms with van der Waals surface area (Å²) < 4.78 is 0. The summed E-state index contributed by atoms with van der Waals surface area (Å²) in [6.07, 6.45) is 6.36. The van der Waals surface area contributed by atoms with Crippen molar-refractivity contribution in [2.24, 2.45) is 5.73 Å². The number of allylic oxidation sites excluding steroid dienone is 4. The Balaban J connectivity index is -0.000000266. The van der Waals surface area contributed by atoms with Gasteiger partial charge in [-0.3, -0.25) is 0 Å². The molecule has 0 aromatic heterocycles. The van der Waals surface area contributed by atoms with Crippen LogP contribution in [0.1, 0.15) is 61.3 Å². The first-order valence-corrected chi connectivity index (χ1v) is 5.80. The van der Waals surface area contributed by atoms with E-state index < -0.39 is 0 Å². The van der Waals surface area contributed by atoms with Crippen molar-refractivity contribution in [3.05, 3.63) is 23.4 Å². The van der Waals surface area contributed by atoms with E-state index in [9.17, 15) is 0 Å². The van der Waals surface area contributed by atoms with E-state index in [1.165, 1.54) is 5.57 Å². The molecular weight excluding hydrogens is 170 g/mol. The zero-order valence-electron chi connectivity index (χ0n) is 11.1. The van der Waals surface area contributed by atoms with Crippen LogP contribution < -0.4 is 5.73 Å². The van der Waals surface area contributed by atoms with Gasteiger partial charge in [-0.2, -0.15) is 0 Å². The lowest BCUT2D eigenvalue weighted by molar-refractivity contribution is 0.908. The summed E-state index contributed by atoms with van der Waals surface area (Å²) in [5.41, 5.74) is 7.85. The van der Waals surface area contributed by atoms with Crippen LogP contribution in [0.4, 0.5) is 0 Å². The summed E-state index contributed by atoms with van der Waals surface area (Å²) in [5.74, 6) is 0. The molecule has 86 valence electrons.